The van der Waals surface area contributed by atoms with Crippen molar-refractivity contribution >= 4 is 66.0 Å². The molecule has 3 rings (SSSR count). The van der Waals surface area contributed by atoms with Crippen molar-refractivity contribution in [2.75, 3.05) is 23.7 Å². The van der Waals surface area contributed by atoms with E-state index in [0.29, 0.717) is 18.7 Å². The van der Waals surface area contributed by atoms with E-state index in [1.54, 1.807) is 24.3 Å². The van der Waals surface area contributed by atoms with Gasteiger partial charge in [-0.15, -0.1) is 0 Å². The third kappa shape index (κ3) is 8.81. The SMILES string of the molecule is CCCNC(=O)[C@@H](Cc1ccccc1)N(Cc1ccc(Br)cc1)C(=O)CN(c1ccc(I)cc1)S(C)(=O)=O. The number of benzene rings is 3. The minimum absolute atomic E-state index is 0.146. The predicted octanol–water partition coefficient (Wildman–Crippen LogP) is 4.99. The van der Waals surface area contributed by atoms with Gasteiger partial charge in [0.25, 0.3) is 0 Å². The summed E-state index contributed by atoms with van der Waals surface area (Å²) < 4.78 is 28.5. The van der Waals surface area contributed by atoms with Crippen molar-refractivity contribution in [3.63, 3.8) is 0 Å². The summed E-state index contributed by atoms with van der Waals surface area (Å²) in [6.07, 6.45) is 2.12. The van der Waals surface area contributed by atoms with E-state index in [9.17, 15) is 18.0 Å². The van der Waals surface area contributed by atoms with E-state index >= 15 is 0 Å². The Morgan fingerprint density at radius 2 is 1.58 bits per heavy atom. The lowest BCUT2D eigenvalue weighted by Crippen LogP contribution is -2.53. The third-order valence-corrected chi connectivity index (χ3v) is 8.27. The van der Waals surface area contributed by atoms with Crippen LogP contribution in [0.4, 0.5) is 5.69 Å². The lowest BCUT2D eigenvalue weighted by atomic mass is 10.0. The van der Waals surface area contributed by atoms with Gasteiger partial charge in [0, 0.05) is 27.6 Å². The Morgan fingerprint density at radius 1 is 0.947 bits per heavy atom. The Kier molecular flexibility index (Phi) is 11.2. The van der Waals surface area contributed by atoms with E-state index < -0.39 is 28.5 Å². The maximum Gasteiger partial charge on any atom is 0.244 e. The molecule has 0 aliphatic heterocycles. The normalized spacial score (nSPS) is 12.0. The molecule has 0 fully saturated rings. The Labute approximate surface area is 246 Å². The van der Waals surface area contributed by atoms with Gasteiger partial charge in [-0.3, -0.25) is 13.9 Å². The Hall–Kier alpha value is -2.44. The maximum atomic E-state index is 14.0. The molecule has 10 heteroatoms. The van der Waals surface area contributed by atoms with Crippen molar-refractivity contribution < 1.29 is 18.0 Å². The zero-order chi connectivity index (χ0) is 27.7. The Bertz CT molecular complexity index is 1320. The van der Waals surface area contributed by atoms with Crippen LogP contribution < -0.4 is 9.62 Å². The van der Waals surface area contributed by atoms with Crippen molar-refractivity contribution in [3.8, 4) is 0 Å². The van der Waals surface area contributed by atoms with Gasteiger partial charge in [0.15, 0.2) is 0 Å². The van der Waals surface area contributed by atoms with Crippen molar-refractivity contribution in [2.45, 2.75) is 32.4 Å². The van der Waals surface area contributed by atoms with Crippen molar-refractivity contribution in [1.82, 2.24) is 10.2 Å². The fourth-order valence-corrected chi connectivity index (χ4v) is 5.40. The summed E-state index contributed by atoms with van der Waals surface area (Å²) in [5.41, 5.74) is 2.11. The summed E-state index contributed by atoms with van der Waals surface area (Å²) in [4.78, 5) is 28.9. The average molecular weight is 712 g/mol. The van der Waals surface area contributed by atoms with E-state index in [4.69, 9.17) is 0 Å². The summed E-state index contributed by atoms with van der Waals surface area (Å²) in [5.74, 6) is -0.745. The number of nitrogens with zero attached hydrogens (tertiary/aromatic N) is 2. The first-order valence-corrected chi connectivity index (χ1v) is 15.9. The van der Waals surface area contributed by atoms with Crippen LogP contribution in [0.2, 0.25) is 0 Å². The van der Waals surface area contributed by atoms with E-state index in [0.717, 1.165) is 36.2 Å². The van der Waals surface area contributed by atoms with Gasteiger partial charge < -0.3 is 10.2 Å². The molecule has 202 valence electrons. The van der Waals surface area contributed by atoms with Crippen LogP contribution >= 0.6 is 38.5 Å². The number of nitrogens with one attached hydrogen (secondary N) is 1. The van der Waals surface area contributed by atoms with Gasteiger partial charge in [-0.05, 0) is 76.5 Å². The highest BCUT2D eigenvalue weighted by molar-refractivity contribution is 14.1. The second-order valence-corrected chi connectivity index (χ2v) is 13.0. The highest BCUT2D eigenvalue weighted by Crippen LogP contribution is 2.22. The molecule has 3 aromatic carbocycles. The van der Waals surface area contributed by atoms with Gasteiger partial charge in [0.1, 0.15) is 12.6 Å². The van der Waals surface area contributed by atoms with Crippen LogP contribution in [0, 0.1) is 3.57 Å². The molecule has 0 spiro atoms. The van der Waals surface area contributed by atoms with Crippen LogP contribution in [-0.4, -0.2) is 50.5 Å². The van der Waals surface area contributed by atoms with E-state index in [1.165, 1.54) is 4.90 Å². The van der Waals surface area contributed by atoms with Crippen LogP contribution in [0.3, 0.4) is 0 Å². The molecule has 0 bridgehead atoms. The summed E-state index contributed by atoms with van der Waals surface area (Å²) in [7, 11) is -3.78. The van der Waals surface area contributed by atoms with Gasteiger partial charge in [0.05, 0.1) is 11.9 Å². The molecule has 1 N–H and O–H groups in total. The number of amides is 2. The lowest BCUT2D eigenvalue weighted by molar-refractivity contribution is -0.140. The molecule has 0 aromatic heterocycles. The standard InChI is InChI=1S/C28H31BrIN3O4S/c1-3-17-31-28(35)26(18-21-7-5-4-6-8-21)32(19-22-9-11-23(29)12-10-22)27(34)20-33(38(2,36)37)25-15-13-24(30)14-16-25/h4-16,26H,3,17-20H2,1-2H3,(H,31,35)/t26-/m1/s1. The number of anilines is 1. The molecule has 2 amide bonds. The van der Waals surface area contributed by atoms with Crippen LogP contribution in [0.5, 0.6) is 0 Å². The molecular weight excluding hydrogens is 681 g/mol. The van der Waals surface area contributed by atoms with Crippen molar-refractivity contribution in [3.05, 3.63) is 98.0 Å². The van der Waals surface area contributed by atoms with Gasteiger partial charge in [-0.2, -0.15) is 0 Å². The van der Waals surface area contributed by atoms with Crippen molar-refractivity contribution in [1.29, 1.82) is 0 Å². The molecule has 0 saturated carbocycles. The fourth-order valence-electron chi connectivity index (χ4n) is 3.93. The Morgan fingerprint density at radius 3 is 2.16 bits per heavy atom. The zero-order valence-electron chi connectivity index (χ0n) is 21.3. The van der Waals surface area contributed by atoms with Crippen LogP contribution in [0.15, 0.2) is 83.3 Å². The first-order valence-electron chi connectivity index (χ1n) is 12.2. The summed E-state index contributed by atoms with van der Waals surface area (Å²) >= 11 is 5.57. The topological polar surface area (TPSA) is 86.8 Å². The first kappa shape index (κ1) is 30.1. The Balaban J connectivity index is 2.02. The third-order valence-electron chi connectivity index (χ3n) is 5.88. The minimum atomic E-state index is -3.78. The number of sulfonamides is 1. The van der Waals surface area contributed by atoms with E-state index in [2.05, 4.69) is 43.8 Å². The quantitative estimate of drug-likeness (QED) is 0.269. The number of hydrogen-bond donors (Lipinski definition) is 1. The highest BCUT2D eigenvalue weighted by Gasteiger charge is 2.32. The van der Waals surface area contributed by atoms with Gasteiger partial charge >= 0.3 is 0 Å². The number of halogens is 2. The smallest absolute Gasteiger partial charge is 0.244 e. The lowest BCUT2D eigenvalue weighted by Gasteiger charge is -2.33. The van der Waals surface area contributed by atoms with Gasteiger partial charge in [-0.1, -0.05) is 65.3 Å². The summed E-state index contributed by atoms with van der Waals surface area (Å²) in [5, 5.41) is 2.93. The molecular formula is C28H31BrIN3O4S. The van der Waals surface area contributed by atoms with Crippen LogP contribution in [0.1, 0.15) is 24.5 Å². The summed E-state index contributed by atoms with van der Waals surface area (Å²) in [6, 6.07) is 23.1. The molecule has 0 aliphatic carbocycles. The largest absolute Gasteiger partial charge is 0.354 e. The van der Waals surface area contributed by atoms with E-state index in [-0.39, 0.29) is 12.5 Å². The molecule has 3 aromatic rings. The first-order chi connectivity index (χ1) is 18.1. The average Bonchev–Trinajstić information content (AvgIpc) is 2.89. The molecule has 1 atom stereocenters. The van der Waals surface area contributed by atoms with Crippen LogP contribution in [-0.2, 0) is 32.6 Å². The zero-order valence-corrected chi connectivity index (χ0v) is 25.9. The number of hydrogen-bond acceptors (Lipinski definition) is 4. The molecule has 0 aliphatic rings. The van der Waals surface area contributed by atoms with Crippen LogP contribution in [0.25, 0.3) is 0 Å². The van der Waals surface area contributed by atoms with Crippen molar-refractivity contribution in [2.24, 2.45) is 0 Å². The summed E-state index contributed by atoms with van der Waals surface area (Å²) in [6.45, 7) is 2.15. The molecule has 0 heterocycles. The second kappa shape index (κ2) is 14.1. The fraction of sp³-hybridized carbons (Fsp3) is 0.286. The highest BCUT2D eigenvalue weighted by atomic mass is 127. The van der Waals surface area contributed by atoms with Gasteiger partial charge in [-0.25, -0.2) is 8.42 Å². The second-order valence-electron chi connectivity index (χ2n) is 8.89. The predicted molar refractivity (Wildman–Crippen MR) is 163 cm³/mol. The maximum absolute atomic E-state index is 14.0. The molecule has 7 nitrogen and oxygen atoms in total. The molecule has 0 radical (unpaired) electrons. The number of carbonyl (C=O) groups is 2. The number of rotatable bonds is 12. The number of carbonyl (C=O) groups excluding carboxylic acids is 2. The molecule has 0 unspecified atom stereocenters. The van der Waals surface area contributed by atoms with E-state index in [1.807, 2.05) is 61.5 Å². The minimum Gasteiger partial charge on any atom is -0.354 e. The molecule has 0 saturated heterocycles. The van der Waals surface area contributed by atoms with Gasteiger partial charge in [0.2, 0.25) is 21.8 Å². The molecule has 38 heavy (non-hydrogen) atoms. The monoisotopic (exact) mass is 711 g/mol.